The minimum Gasteiger partial charge on any atom is -0.480 e. The van der Waals surface area contributed by atoms with Crippen LogP contribution in [0.15, 0.2) is 12.7 Å². The van der Waals surface area contributed by atoms with Crippen LogP contribution >= 0.6 is 0 Å². The lowest BCUT2D eigenvalue weighted by Gasteiger charge is -2.12. The summed E-state index contributed by atoms with van der Waals surface area (Å²) in [6, 6.07) is -0.865. The van der Waals surface area contributed by atoms with Crippen LogP contribution in [0.2, 0.25) is 0 Å². The Labute approximate surface area is 95.5 Å². The second kappa shape index (κ2) is 8.76. The molecule has 0 saturated heterocycles. The lowest BCUT2D eigenvalue weighted by molar-refractivity contribution is -0.139. The van der Waals surface area contributed by atoms with Gasteiger partial charge in [0.2, 0.25) is 0 Å². The molecule has 5 heteroatoms. The van der Waals surface area contributed by atoms with E-state index in [-0.39, 0.29) is 0 Å². The zero-order valence-electron chi connectivity index (χ0n) is 9.57. The molecule has 0 spiro atoms. The summed E-state index contributed by atoms with van der Waals surface area (Å²) >= 11 is 0. The number of hydrogen-bond acceptors (Lipinski definition) is 3. The molecule has 16 heavy (non-hydrogen) atoms. The number of carboxylic acid groups (broad SMARTS) is 1. The largest absolute Gasteiger partial charge is 0.480 e. The molecule has 1 amide bonds. The number of carbonyl (C=O) groups excluding carboxylic acids is 1. The van der Waals surface area contributed by atoms with Gasteiger partial charge in [-0.05, 0) is 19.3 Å². The lowest BCUT2D eigenvalue weighted by atomic mass is 10.1. The van der Waals surface area contributed by atoms with Crippen LogP contribution < -0.4 is 5.32 Å². The van der Waals surface area contributed by atoms with Crippen molar-refractivity contribution in [3.63, 3.8) is 0 Å². The smallest absolute Gasteiger partial charge is 0.407 e. The van der Waals surface area contributed by atoms with Gasteiger partial charge in [-0.25, -0.2) is 9.59 Å². The molecule has 0 aliphatic heterocycles. The van der Waals surface area contributed by atoms with Crippen LogP contribution in [0.25, 0.3) is 0 Å². The van der Waals surface area contributed by atoms with Crippen molar-refractivity contribution in [3.8, 4) is 0 Å². The van der Waals surface area contributed by atoms with Crippen LogP contribution in [0.5, 0.6) is 0 Å². The zero-order chi connectivity index (χ0) is 12.4. The summed E-state index contributed by atoms with van der Waals surface area (Å²) < 4.78 is 4.35. The van der Waals surface area contributed by atoms with E-state index in [0.717, 1.165) is 25.7 Å². The first kappa shape index (κ1) is 14.5. The Hall–Kier alpha value is -1.52. The fraction of sp³-hybridized carbons (Fsp3) is 0.636. The maximum Gasteiger partial charge on any atom is 0.407 e. The molecule has 0 radical (unpaired) electrons. The van der Waals surface area contributed by atoms with Crippen molar-refractivity contribution >= 4 is 12.1 Å². The molecule has 0 aromatic rings. The predicted octanol–water partition coefficient (Wildman–Crippen LogP) is 1.93. The molecule has 0 aliphatic rings. The molecule has 2 N–H and O–H groups in total. The van der Waals surface area contributed by atoms with E-state index in [1.807, 2.05) is 6.08 Å². The van der Waals surface area contributed by atoms with Gasteiger partial charge in [-0.1, -0.05) is 18.9 Å². The normalized spacial score (nSPS) is 11.6. The van der Waals surface area contributed by atoms with E-state index < -0.39 is 18.1 Å². The van der Waals surface area contributed by atoms with Crippen molar-refractivity contribution in [2.75, 3.05) is 7.11 Å². The Morgan fingerprint density at radius 2 is 2.12 bits per heavy atom. The fourth-order valence-corrected chi connectivity index (χ4v) is 1.27. The van der Waals surface area contributed by atoms with Crippen LogP contribution in [-0.4, -0.2) is 30.3 Å². The van der Waals surface area contributed by atoms with Crippen LogP contribution in [0.3, 0.4) is 0 Å². The van der Waals surface area contributed by atoms with Crippen LogP contribution in [-0.2, 0) is 9.53 Å². The Bertz CT molecular complexity index is 240. The molecule has 92 valence electrons. The van der Waals surface area contributed by atoms with Gasteiger partial charge < -0.3 is 15.2 Å². The second-order valence-electron chi connectivity index (χ2n) is 3.45. The van der Waals surface area contributed by atoms with Gasteiger partial charge in [-0.3, -0.25) is 0 Å². The highest BCUT2D eigenvalue weighted by molar-refractivity contribution is 5.79. The van der Waals surface area contributed by atoms with E-state index in [2.05, 4.69) is 16.6 Å². The van der Waals surface area contributed by atoms with Gasteiger partial charge in [-0.15, -0.1) is 6.58 Å². The molecule has 0 saturated carbocycles. The first-order valence-electron chi connectivity index (χ1n) is 5.30. The van der Waals surface area contributed by atoms with Crippen molar-refractivity contribution < 1.29 is 19.4 Å². The monoisotopic (exact) mass is 229 g/mol. The van der Waals surface area contributed by atoms with Crippen LogP contribution in [0.1, 0.15) is 32.1 Å². The summed E-state index contributed by atoms with van der Waals surface area (Å²) in [5.74, 6) is -1.03. The van der Waals surface area contributed by atoms with Gasteiger partial charge in [0.15, 0.2) is 0 Å². The second-order valence-corrected chi connectivity index (χ2v) is 3.45. The van der Waals surface area contributed by atoms with E-state index in [4.69, 9.17) is 5.11 Å². The summed E-state index contributed by atoms with van der Waals surface area (Å²) in [5, 5.41) is 11.1. The number of nitrogens with one attached hydrogen (secondary N) is 1. The number of alkyl carbamates (subject to hydrolysis) is 1. The van der Waals surface area contributed by atoms with Crippen LogP contribution in [0.4, 0.5) is 4.79 Å². The zero-order valence-corrected chi connectivity index (χ0v) is 9.57. The number of methoxy groups -OCH3 is 1. The fourth-order valence-electron chi connectivity index (χ4n) is 1.27. The molecular formula is C11H19NO4. The highest BCUT2D eigenvalue weighted by Gasteiger charge is 2.19. The molecule has 0 aromatic heterocycles. The highest BCUT2D eigenvalue weighted by atomic mass is 16.5. The Morgan fingerprint density at radius 1 is 1.44 bits per heavy atom. The van der Waals surface area contributed by atoms with Crippen molar-refractivity contribution in [2.45, 2.75) is 38.1 Å². The number of unbranched alkanes of at least 4 members (excludes halogenated alkanes) is 3. The summed E-state index contributed by atoms with van der Waals surface area (Å²) in [6.07, 6.45) is 5.16. The van der Waals surface area contributed by atoms with Crippen molar-refractivity contribution in [2.24, 2.45) is 0 Å². The number of hydrogen-bond donors (Lipinski definition) is 2. The summed E-state index contributed by atoms with van der Waals surface area (Å²) in [6.45, 7) is 3.60. The number of amides is 1. The number of carboxylic acids is 1. The Kier molecular flexibility index (Phi) is 7.93. The summed E-state index contributed by atoms with van der Waals surface area (Å²) in [7, 11) is 1.21. The number of allylic oxidation sites excluding steroid dienone is 1. The standard InChI is InChI=1S/C11H19NO4/c1-3-4-5-6-7-8-9(10(13)14)12-11(15)16-2/h3,9H,1,4-8H2,2H3,(H,12,15)(H,13,14)/t9-/m0/s1. The highest BCUT2D eigenvalue weighted by Crippen LogP contribution is 2.06. The van der Waals surface area contributed by atoms with E-state index >= 15 is 0 Å². The molecule has 1 atom stereocenters. The third kappa shape index (κ3) is 6.86. The van der Waals surface area contributed by atoms with E-state index in [1.54, 1.807) is 0 Å². The van der Waals surface area contributed by atoms with Crippen molar-refractivity contribution in [3.05, 3.63) is 12.7 Å². The average molecular weight is 229 g/mol. The summed E-state index contributed by atoms with van der Waals surface area (Å²) in [4.78, 5) is 21.6. The first-order chi connectivity index (χ1) is 7.61. The molecule has 0 bridgehead atoms. The average Bonchev–Trinajstić information content (AvgIpc) is 2.26. The van der Waals surface area contributed by atoms with Gasteiger partial charge in [-0.2, -0.15) is 0 Å². The molecule has 0 unspecified atom stereocenters. The minimum atomic E-state index is -1.03. The first-order valence-corrected chi connectivity index (χ1v) is 5.30. The molecule has 5 nitrogen and oxygen atoms in total. The molecule has 0 aromatic carbocycles. The topological polar surface area (TPSA) is 75.6 Å². The summed E-state index contributed by atoms with van der Waals surface area (Å²) in [5.41, 5.74) is 0. The third-order valence-corrected chi connectivity index (χ3v) is 2.18. The number of rotatable bonds is 8. The van der Waals surface area contributed by atoms with Crippen molar-refractivity contribution in [1.29, 1.82) is 0 Å². The lowest BCUT2D eigenvalue weighted by Crippen LogP contribution is -2.40. The number of ether oxygens (including phenoxy) is 1. The maximum absolute atomic E-state index is 10.9. The SMILES string of the molecule is C=CCCCCC[C@H](NC(=O)OC)C(=O)O. The Balaban J connectivity index is 3.81. The molecule has 0 rings (SSSR count). The third-order valence-electron chi connectivity index (χ3n) is 2.18. The van der Waals surface area contributed by atoms with Gasteiger partial charge in [0.1, 0.15) is 6.04 Å². The molecule has 0 aliphatic carbocycles. The molecule has 0 fully saturated rings. The minimum absolute atomic E-state index is 0.418. The van der Waals surface area contributed by atoms with E-state index in [9.17, 15) is 9.59 Å². The number of aliphatic carboxylic acids is 1. The maximum atomic E-state index is 10.9. The van der Waals surface area contributed by atoms with E-state index in [1.165, 1.54) is 7.11 Å². The predicted molar refractivity (Wildman–Crippen MR) is 60.2 cm³/mol. The van der Waals surface area contributed by atoms with E-state index in [0.29, 0.717) is 6.42 Å². The van der Waals surface area contributed by atoms with Gasteiger partial charge >= 0.3 is 12.1 Å². The van der Waals surface area contributed by atoms with Gasteiger partial charge in [0.25, 0.3) is 0 Å². The van der Waals surface area contributed by atoms with Gasteiger partial charge in [0, 0.05) is 0 Å². The van der Waals surface area contributed by atoms with Crippen molar-refractivity contribution in [1.82, 2.24) is 5.32 Å². The molecule has 0 heterocycles. The van der Waals surface area contributed by atoms with Crippen LogP contribution in [0, 0.1) is 0 Å². The number of carbonyl (C=O) groups is 2. The van der Waals surface area contributed by atoms with Gasteiger partial charge in [0.05, 0.1) is 7.11 Å². The quantitative estimate of drug-likeness (QED) is 0.492. The Morgan fingerprint density at radius 3 is 2.62 bits per heavy atom. The molecular weight excluding hydrogens is 210 g/mol.